The lowest BCUT2D eigenvalue weighted by molar-refractivity contribution is 0.627. The van der Waals surface area contributed by atoms with Gasteiger partial charge in [-0.1, -0.05) is 13.8 Å². The average molecular weight is 284 g/mol. The molecule has 21 heavy (non-hydrogen) atoms. The number of hydrogen-bond acceptors (Lipinski definition) is 4. The van der Waals surface area contributed by atoms with Crippen LogP contribution in [0.4, 0.5) is 10.2 Å². The predicted octanol–water partition coefficient (Wildman–Crippen LogP) is 3.71. The first-order valence-electron chi connectivity index (χ1n) is 6.87. The normalized spacial score (nSPS) is 10.5. The second-order valence-corrected chi connectivity index (χ2v) is 5.02. The van der Waals surface area contributed by atoms with Crippen molar-refractivity contribution in [3.05, 3.63) is 41.5 Å². The maximum Gasteiger partial charge on any atom is 0.133 e. The summed E-state index contributed by atoms with van der Waals surface area (Å²) in [5.41, 5.74) is 1.47. The van der Waals surface area contributed by atoms with Gasteiger partial charge in [0.05, 0.1) is 17.3 Å². The van der Waals surface area contributed by atoms with Gasteiger partial charge in [-0.25, -0.2) is 14.4 Å². The molecular formula is C16H17FN4. The lowest BCUT2D eigenvalue weighted by atomic mass is 10.1. The Kier molecular flexibility index (Phi) is 4.49. The Bertz CT molecular complexity index is 689. The van der Waals surface area contributed by atoms with Crippen molar-refractivity contribution in [1.29, 1.82) is 5.26 Å². The fraction of sp³-hybridized carbons (Fsp3) is 0.312. The largest absolute Gasteiger partial charge is 0.370 e. The molecule has 0 unspecified atom stereocenters. The van der Waals surface area contributed by atoms with Crippen molar-refractivity contribution in [3.8, 4) is 17.3 Å². The third kappa shape index (κ3) is 3.54. The van der Waals surface area contributed by atoms with Crippen LogP contribution in [-0.2, 0) is 0 Å². The van der Waals surface area contributed by atoms with Gasteiger partial charge in [0.15, 0.2) is 0 Å². The summed E-state index contributed by atoms with van der Waals surface area (Å²) in [6.45, 7) is 6.72. The Morgan fingerprint density at radius 3 is 2.62 bits per heavy atom. The Morgan fingerprint density at radius 2 is 2.00 bits per heavy atom. The van der Waals surface area contributed by atoms with Gasteiger partial charge in [0.1, 0.15) is 17.5 Å². The summed E-state index contributed by atoms with van der Waals surface area (Å²) >= 11 is 0. The van der Waals surface area contributed by atoms with Gasteiger partial charge < -0.3 is 5.32 Å². The van der Waals surface area contributed by atoms with E-state index in [0.29, 0.717) is 22.9 Å². The Balaban J connectivity index is 2.57. The van der Waals surface area contributed by atoms with E-state index in [1.807, 2.05) is 26.8 Å². The van der Waals surface area contributed by atoms with Gasteiger partial charge in [-0.3, -0.25) is 0 Å². The number of aromatic nitrogens is 2. The van der Waals surface area contributed by atoms with E-state index in [2.05, 4.69) is 15.3 Å². The average Bonchev–Trinajstić information content (AvgIpc) is 2.46. The molecular weight excluding hydrogens is 267 g/mol. The van der Waals surface area contributed by atoms with Crippen LogP contribution in [-0.4, -0.2) is 16.5 Å². The third-order valence-corrected chi connectivity index (χ3v) is 2.94. The second-order valence-electron chi connectivity index (χ2n) is 5.02. The van der Waals surface area contributed by atoms with E-state index in [9.17, 15) is 4.39 Å². The van der Waals surface area contributed by atoms with Crippen LogP contribution in [0.5, 0.6) is 0 Å². The standard InChI is InChI=1S/C16H17FN4/c1-4-19-15-8-14(20-16(21-15)10(2)3)12-5-11(9-18)6-13(17)7-12/h5-8,10H,4H2,1-3H3,(H,19,20,21). The molecule has 2 aromatic rings. The van der Waals surface area contributed by atoms with E-state index < -0.39 is 5.82 Å². The van der Waals surface area contributed by atoms with Crippen molar-refractivity contribution >= 4 is 5.82 Å². The minimum atomic E-state index is -0.446. The molecule has 0 aliphatic heterocycles. The van der Waals surface area contributed by atoms with Crippen LogP contribution >= 0.6 is 0 Å². The quantitative estimate of drug-likeness (QED) is 0.929. The number of nitrogens with zero attached hydrogens (tertiary/aromatic N) is 3. The fourth-order valence-corrected chi connectivity index (χ4v) is 1.95. The molecule has 1 heterocycles. The van der Waals surface area contributed by atoms with Gasteiger partial charge >= 0.3 is 0 Å². The number of rotatable bonds is 4. The molecule has 0 aliphatic carbocycles. The summed E-state index contributed by atoms with van der Waals surface area (Å²) in [5, 5.41) is 12.1. The Labute approximate surface area is 123 Å². The van der Waals surface area contributed by atoms with Crippen LogP contribution in [0, 0.1) is 17.1 Å². The van der Waals surface area contributed by atoms with Crippen molar-refractivity contribution in [1.82, 2.24) is 9.97 Å². The predicted molar refractivity (Wildman–Crippen MR) is 80.4 cm³/mol. The lowest BCUT2D eigenvalue weighted by Gasteiger charge is -2.11. The Hall–Kier alpha value is -2.48. The topological polar surface area (TPSA) is 61.6 Å². The summed E-state index contributed by atoms with van der Waals surface area (Å²) in [6, 6.07) is 7.94. The van der Waals surface area contributed by atoms with Crippen molar-refractivity contribution < 1.29 is 4.39 Å². The first-order valence-corrected chi connectivity index (χ1v) is 6.87. The molecule has 4 nitrogen and oxygen atoms in total. The summed E-state index contributed by atoms with van der Waals surface area (Å²) in [4.78, 5) is 8.91. The molecule has 2 rings (SSSR count). The van der Waals surface area contributed by atoms with Gasteiger partial charge in [0, 0.05) is 24.1 Å². The number of hydrogen-bond donors (Lipinski definition) is 1. The van der Waals surface area contributed by atoms with Gasteiger partial charge in [-0.2, -0.15) is 5.26 Å². The monoisotopic (exact) mass is 284 g/mol. The molecule has 108 valence electrons. The maximum atomic E-state index is 13.6. The van der Waals surface area contributed by atoms with Crippen LogP contribution in [0.1, 0.15) is 38.1 Å². The number of nitriles is 1. The highest BCUT2D eigenvalue weighted by Crippen LogP contribution is 2.24. The van der Waals surface area contributed by atoms with Crippen LogP contribution in [0.25, 0.3) is 11.3 Å². The zero-order valence-electron chi connectivity index (χ0n) is 12.3. The molecule has 0 aliphatic rings. The first-order chi connectivity index (χ1) is 10.0. The van der Waals surface area contributed by atoms with E-state index >= 15 is 0 Å². The number of benzene rings is 1. The van der Waals surface area contributed by atoms with Gasteiger partial charge in [0.25, 0.3) is 0 Å². The Morgan fingerprint density at radius 1 is 1.24 bits per heavy atom. The van der Waals surface area contributed by atoms with Crippen LogP contribution in [0.3, 0.4) is 0 Å². The summed E-state index contributed by atoms with van der Waals surface area (Å²) in [7, 11) is 0. The number of nitrogens with one attached hydrogen (secondary N) is 1. The highest BCUT2D eigenvalue weighted by molar-refractivity contribution is 5.64. The van der Waals surface area contributed by atoms with Crippen LogP contribution in [0.2, 0.25) is 0 Å². The van der Waals surface area contributed by atoms with Crippen molar-refractivity contribution in [3.63, 3.8) is 0 Å². The molecule has 1 N–H and O–H groups in total. The van der Waals surface area contributed by atoms with E-state index in [-0.39, 0.29) is 11.5 Å². The van der Waals surface area contributed by atoms with Crippen LogP contribution in [0.15, 0.2) is 24.3 Å². The van der Waals surface area contributed by atoms with Crippen molar-refractivity contribution in [2.24, 2.45) is 0 Å². The minimum Gasteiger partial charge on any atom is -0.370 e. The minimum absolute atomic E-state index is 0.159. The lowest BCUT2D eigenvalue weighted by Crippen LogP contribution is -2.06. The van der Waals surface area contributed by atoms with E-state index in [4.69, 9.17) is 5.26 Å². The van der Waals surface area contributed by atoms with Gasteiger partial charge in [0.2, 0.25) is 0 Å². The fourth-order valence-electron chi connectivity index (χ4n) is 1.95. The summed E-state index contributed by atoms with van der Waals surface area (Å²) in [6.07, 6.45) is 0. The number of anilines is 1. The molecule has 1 aromatic heterocycles. The highest BCUT2D eigenvalue weighted by Gasteiger charge is 2.11. The zero-order chi connectivity index (χ0) is 15.4. The first kappa shape index (κ1) is 14.9. The SMILES string of the molecule is CCNc1cc(-c2cc(F)cc(C#N)c2)nc(C(C)C)n1. The summed E-state index contributed by atoms with van der Waals surface area (Å²) < 4.78 is 13.6. The third-order valence-electron chi connectivity index (χ3n) is 2.94. The van der Waals surface area contributed by atoms with Crippen molar-refractivity contribution in [2.45, 2.75) is 26.7 Å². The van der Waals surface area contributed by atoms with Gasteiger partial charge in [-0.05, 0) is 25.1 Å². The molecule has 0 fully saturated rings. The number of halogens is 1. The zero-order valence-corrected chi connectivity index (χ0v) is 12.3. The second kappa shape index (κ2) is 6.31. The molecule has 0 atom stereocenters. The smallest absolute Gasteiger partial charge is 0.133 e. The van der Waals surface area contributed by atoms with E-state index in [1.54, 1.807) is 12.1 Å². The molecule has 1 aromatic carbocycles. The molecule has 0 amide bonds. The molecule has 0 spiro atoms. The van der Waals surface area contributed by atoms with Gasteiger partial charge in [-0.15, -0.1) is 0 Å². The molecule has 5 heteroatoms. The molecule has 0 saturated heterocycles. The molecule has 0 radical (unpaired) electrons. The highest BCUT2D eigenvalue weighted by atomic mass is 19.1. The molecule has 0 saturated carbocycles. The molecule has 0 bridgehead atoms. The maximum absolute atomic E-state index is 13.6. The van der Waals surface area contributed by atoms with Crippen molar-refractivity contribution in [2.75, 3.05) is 11.9 Å². The van der Waals surface area contributed by atoms with E-state index in [0.717, 1.165) is 6.54 Å². The summed E-state index contributed by atoms with van der Waals surface area (Å²) in [5.74, 6) is 1.10. The van der Waals surface area contributed by atoms with Crippen LogP contribution < -0.4 is 5.32 Å². The van der Waals surface area contributed by atoms with E-state index in [1.165, 1.54) is 12.1 Å².